The van der Waals surface area contributed by atoms with Crippen LogP contribution < -0.4 is 5.32 Å². The SMILES string of the molecule is CC1CC(C)CC(OCC(C#N)NC2CC2)C1. The molecule has 0 bridgehead atoms. The second kappa shape index (κ2) is 5.84. The fourth-order valence-electron chi connectivity index (χ4n) is 2.90. The van der Waals surface area contributed by atoms with Crippen molar-refractivity contribution in [2.45, 2.75) is 64.1 Å². The van der Waals surface area contributed by atoms with E-state index in [1.165, 1.54) is 19.3 Å². The highest BCUT2D eigenvalue weighted by molar-refractivity contribution is 4.96. The predicted octanol–water partition coefficient (Wildman–Crippen LogP) is 2.47. The molecule has 0 amide bonds. The van der Waals surface area contributed by atoms with Crippen molar-refractivity contribution >= 4 is 0 Å². The van der Waals surface area contributed by atoms with Crippen LogP contribution in [0, 0.1) is 23.2 Å². The summed E-state index contributed by atoms with van der Waals surface area (Å²) in [6, 6.07) is 2.76. The van der Waals surface area contributed by atoms with E-state index in [1.807, 2.05) is 0 Å². The van der Waals surface area contributed by atoms with Crippen molar-refractivity contribution in [3.63, 3.8) is 0 Å². The lowest BCUT2D eigenvalue weighted by molar-refractivity contribution is -0.00366. The first kappa shape index (κ1) is 12.9. The van der Waals surface area contributed by atoms with Gasteiger partial charge in [0.2, 0.25) is 0 Å². The van der Waals surface area contributed by atoms with Gasteiger partial charge in [-0.15, -0.1) is 0 Å². The second-order valence-electron chi connectivity index (χ2n) is 6.00. The van der Waals surface area contributed by atoms with Gasteiger partial charge in [0, 0.05) is 6.04 Å². The molecule has 0 saturated heterocycles. The van der Waals surface area contributed by atoms with Gasteiger partial charge in [0.25, 0.3) is 0 Å². The third-order valence-electron chi connectivity index (χ3n) is 3.80. The first-order chi connectivity index (χ1) is 8.17. The standard InChI is InChI=1S/C14H24N2O/c1-10-5-11(2)7-14(6-10)17-9-13(8-15)16-12-3-4-12/h10-14,16H,3-7,9H2,1-2H3. The maximum atomic E-state index is 9.04. The first-order valence-electron chi connectivity index (χ1n) is 6.94. The van der Waals surface area contributed by atoms with Crippen LogP contribution in [-0.4, -0.2) is 24.8 Å². The van der Waals surface area contributed by atoms with E-state index in [9.17, 15) is 0 Å². The van der Waals surface area contributed by atoms with Gasteiger partial charge >= 0.3 is 0 Å². The highest BCUT2D eigenvalue weighted by atomic mass is 16.5. The van der Waals surface area contributed by atoms with Gasteiger partial charge in [-0.05, 0) is 43.9 Å². The third-order valence-corrected chi connectivity index (χ3v) is 3.80. The topological polar surface area (TPSA) is 45.0 Å². The summed E-state index contributed by atoms with van der Waals surface area (Å²) in [7, 11) is 0. The molecule has 96 valence electrons. The fourth-order valence-corrected chi connectivity index (χ4v) is 2.90. The summed E-state index contributed by atoms with van der Waals surface area (Å²) in [4.78, 5) is 0. The lowest BCUT2D eigenvalue weighted by atomic mass is 9.82. The smallest absolute Gasteiger partial charge is 0.119 e. The molecule has 0 aromatic heterocycles. The Balaban J connectivity index is 1.70. The van der Waals surface area contributed by atoms with Crippen molar-refractivity contribution < 1.29 is 4.74 Å². The molecular formula is C14H24N2O. The maximum absolute atomic E-state index is 9.04. The van der Waals surface area contributed by atoms with Crippen molar-refractivity contribution in [3.05, 3.63) is 0 Å². The van der Waals surface area contributed by atoms with Gasteiger partial charge in [-0.3, -0.25) is 5.32 Å². The monoisotopic (exact) mass is 236 g/mol. The molecule has 3 unspecified atom stereocenters. The Hall–Kier alpha value is -0.590. The molecule has 17 heavy (non-hydrogen) atoms. The van der Waals surface area contributed by atoms with Gasteiger partial charge in [-0.1, -0.05) is 13.8 Å². The van der Waals surface area contributed by atoms with Crippen LogP contribution in [0.15, 0.2) is 0 Å². The van der Waals surface area contributed by atoms with Crippen molar-refractivity contribution in [3.8, 4) is 6.07 Å². The van der Waals surface area contributed by atoms with Gasteiger partial charge in [-0.2, -0.15) is 5.26 Å². The van der Waals surface area contributed by atoms with Crippen molar-refractivity contribution in [1.29, 1.82) is 5.26 Å². The summed E-state index contributed by atoms with van der Waals surface area (Å²) in [5, 5.41) is 12.4. The number of nitrogens with one attached hydrogen (secondary N) is 1. The predicted molar refractivity (Wildman–Crippen MR) is 67.5 cm³/mol. The number of rotatable bonds is 5. The maximum Gasteiger partial charge on any atom is 0.119 e. The van der Waals surface area contributed by atoms with Gasteiger partial charge < -0.3 is 4.74 Å². The Bertz CT molecular complexity index is 272. The van der Waals surface area contributed by atoms with Crippen molar-refractivity contribution in [1.82, 2.24) is 5.32 Å². The minimum atomic E-state index is -0.116. The molecule has 1 N–H and O–H groups in total. The molecule has 2 aliphatic rings. The summed E-state index contributed by atoms with van der Waals surface area (Å²) in [6.07, 6.45) is 6.44. The molecule has 0 aromatic carbocycles. The largest absolute Gasteiger partial charge is 0.375 e. The van der Waals surface area contributed by atoms with Crippen LogP contribution in [0.1, 0.15) is 46.0 Å². The quantitative estimate of drug-likeness (QED) is 0.797. The second-order valence-corrected chi connectivity index (χ2v) is 6.00. The molecule has 0 heterocycles. The zero-order chi connectivity index (χ0) is 12.3. The number of hydrogen-bond donors (Lipinski definition) is 1. The summed E-state index contributed by atoms with van der Waals surface area (Å²) < 4.78 is 5.92. The van der Waals surface area contributed by atoms with Crippen LogP contribution in [0.4, 0.5) is 0 Å². The Morgan fingerprint density at radius 2 is 1.88 bits per heavy atom. The molecule has 0 spiro atoms. The molecule has 2 saturated carbocycles. The van der Waals surface area contributed by atoms with Gasteiger partial charge in [-0.25, -0.2) is 0 Å². The van der Waals surface area contributed by atoms with E-state index in [0.29, 0.717) is 18.8 Å². The van der Waals surface area contributed by atoms with Crippen LogP contribution in [-0.2, 0) is 4.74 Å². The van der Waals surface area contributed by atoms with E-state index in [4.69, 9.17) is 10.00 Å². The molecular weight excluding hydrogens is 212 g/mol. The number of hydrogen-bond acceptors (Lipinski definition) is 3. The van der Waals surface area contributed by atoms with Crippen LogP contribution in [0.5, 0.6) is 0 Å². The molecule has 3 atom stereocenters. The molecule has 3 heteroatoms. The van der Waals surface area contributed by atoms with Crippen LogP contribution in [0.25, 0.3) is 0 Å². The fraction of sp³-hybridized carbons (Fsp3) is 0.929. The normalized spacial score (nSPS) is 35.2. The molecule has 0 aliphatic heterocycles. The van der Waals surface area contributed by atoms with Crippen LogP contribution in [0.2, 0.25) is 0 Å². The minimum Gasteiger partial charge on any atom is -0.375 e. The molecule has 2 fully saturated rings. The molecule has 2 aliphatic carbocycles. The van der Waals surface area contributed by atoms with E-state index in [0.717, 1.165) is 24.7 Å². The summed E-state index contributed by atoms with van der Waals surface area (Å²) in [6.45, 7) is 5.16. The van der Waals surface area contributed by atoms with Gasteiger partial charge in [0.05, 0.1) is 18.8 Å². The lowest BCUT2D eigenvalue weighted by Gasteiger charge is -2.31. The Morgan fingerprint density at radius 3 is 2.41 bits per heavy atom. The van der Waals surface area contributed by atoms with Crippen molar-refractivity contribution in [2.24, 2.45) is 11.8 Å². The van der Waals surface area contributed by atoms with Gasteiger partial charge in [0.15, 0.2) is 0 Å². The number of ether oxygens (including phenoxy) is 1. The summed E-state index contributed by atoms with van der Waals surface area (Å²) >= 11 is 0. The van der Waals surface area contributed by atoms with E-state index in [2.05, 4.69) is 25.2 Å². The average Bonchev–Trinajstić information content (AvgIpc) is 3.06. The highest BCUT2D eigenvalue weighted by Gasteiger charge is 2.27. The molecule has 0 aromatic rings. The zero-order valence-electron chi connectivity index (χ0n) is 11.0. The summed E-state index contributed by atoms with van der Waals surface area (Å²) in [5.41, 5.74) is 0. The lowest BCUT2D eigenvalue weighted by Crippen LogP contribution is -2.36. The van der Waals surface area contributed by atoms with E-state index in [1.54, 1.807) is 0 Å². The van der Waals surface area contributed by atoms with E-state index < -0.39 is 0 Å². The minimum absolute atomic E-state index is 0.116. The molecule has 3 nitrogen and oxygen atoms in total. The Labute approximate surface area is 105 Å². The highest BCUT2D eigenvalue weighted by Crippen LogP contribution is 2.30. The Kier molecular flexibility index (Phi) is 4.42. The zero-order valence-corrected chi connectivity index (χ0v) is 11.0. The van der Waals surface area contributed by atoms with Crippen LogP contribution >= 0.6 is 0 Å². The van der Waals surface area contributed by atoms with Crippen molar-refractivity contribution in [2.75, 3.05) is 6.61 Å². The van der Waals surface area contributed by atoms with Crippen LogP contribution in [0.3, 0.4) is 0 Å². The number of nitrogens with zero attached hydrogens (tertiary/aromatic N) is 1. The van der Waals surface area contributed by atoms with E-state index in [-0.39, 0.29) is 6.04 Å². The summed E-state index contributed by atoms with van der Waals surface area (Å²) in [5.74, 6) is 1.53. The van der Waals surface area contributed by atoms with E-state index >= 15 is 0 Å². The third kappa shape index (κ3) is 4.29. The first-order valence-corrected chi connectivity index (χ1v) is 6.94. The average molecular weight is 236 g/mol. The molecule has 0 radical (unpaired) electrons. The Morgan fingerprint density at radius 1 is 1.24 bits per heavy atom. The number of nitriles is 1. The molecule has 2 rings (SSSR count). The van der Waals surface area contributed by atoms with Gasteiger partial charge in [0.1, 0.15) is 6.04 Å².